The molecule has 1 saturated carbocycles. The highest BCUT2D eigenvalue weighted by atomic mass is 16.4. The molecule has 0 bridgehead atoms. The number of carboxylic acids is 1. The summed E-state index contributed by atoms with van der Waals surface area (Å²) in [5.74, 6) is -0.124. The van der Waals surface area contributed by atoms with E-state index in [1.165, 1.54) is 24.0 Å². The molecule has 0 amide bonds. The molecule has 0 aromatic heterocycles. The van der Waals surface area contributed by atoms with Crippen LogP contribution in [0.4, 0.5) is 0 Å². The van der Waals surface area contributed by atoms with Crippen LogP contribution < -0.4 is 0 Å². The van der Waals surface area contributed by atoms with Gasteiger partial charge in [-0.15, -0.1) is 0 Å². The van der Waals surface area contributed by atoms with Gasteiger partial charge in [0.2, 0.25) is 0 Å². The van der Waals surface area contributed by atoms with E-state index in [4.69, 9.17) is 5.11 Å². The molecule has 1 aromatic rings. The second-order valence-electron chi connectivity index (χ2n) is 6.10. The van der Waals surface area contributed by atoms with E-state index in [9.17, 15) is 4.79 Å². The number of nitrogens with zero attached hydrogens (tertiary/aromatic N) is 1. The van der Waals surface area contributed by atoms with E-state index in [2.05, 4.69) is 43.0 Å². The molecule has 0 radical (unpaired) electrons. The van der Waals surface area contributed by atoms with Crippen LogP contribution in [0.2, 0.25) is 0 Å². The number of hydrogen-bond donors (Lipinski definition) is 1. The Balaban J connectivity index is 1.88. The van der Waals surface area contributed by atoms with Gasteiger partial charge in [0, 0.05) is 19.0 Å². The van der Waals surface area contributed by atoms with Crippen molar-refractivity contribution in [1.29, 1.82) is 0 Å². The molecular weight excluding hydrogens is 250 g/mol. The summed E-state index contributed by atoms with van der Waals surface area (Å²) >= 11 is 0. The highest BCUT2D eigenvalue weighted by Crippen LogP contribution is 2.28. The average Bonchev–Trinajstić information content (AvgIpc) is 3.22. The lowest BCUT2D eigenvalue weighted by molar-refractivity contribution is -0.137. The molecule has 3 heteroatoms. The monoisotopic (exact) mass is 275 g/mol. The standard InChI is InChI=1S/C17H25NO2/c1-13(2)15-7-5-14(6-8-15)12-18(16-9-10-16)11-3-4-17(19)20/h5-8,13,16H,3-4,9-12H2,1-2H3,(H,19,20). The molecule has 20 heavy (non-hydrogen) atoms. The van der Waals surface area contributed by atoms with Crippen molar-refractivity contribution in [3.8, 4) is 0 Å². The maximum atomic E-state index is 10.6. The first-order valence-electron chi connectivity index (χ1n) is 7.61. The van der Waals surface area contributed by atoms with Crippen LogP contribution in [0.15, 0.2) is 24.3 Å². The van der Waals surface area contributed by atoms with Gasteiger partial charge in [0.15, 0.2) is 0 Å². The van der Waals surface area contributed by atoms with E-state index in [0.29, 0.717) is 12.0 Å². The van der Waals surface area contributed by atoms with Crippen molar-refractivity contribution in [2.45, 2.75) is 58.0 Å². The number of rotatable bonds is 8. The van der Waals surface area contributed by atoms with Crippen LogP contribution in [0.25, 0.3) is 0 Å². The highest BCUT2D eigenvalue weighted by Gasteiger charge is 2.28. The normalized spacial score (nSPS) is 15.0. The van der Waals surface area contributed by atoms with Crippen molar-refractivity contribution in [2.24, 2.45) is 0 Å². The van der Waals surface area contributed by atoms with Crippen molar-refractivity contribution >= 4 is 5.97 Å². The molecule has 0 atom stereocenters. The molecule has 110 valence electrons. The fraction of sp³-hybridized carbons (Fsp3) is 0.588. The molecule has 0 spiro atoms. The predicted octanol–water partition coefficient (Wildman–Crippen LogP) is 3.64. The third-order valence-electron chi connectivity index (χ3n) is 3.93. The molecule has 1 N–H and O–H groups in total. The Morgan fingerprint density at radius 2 is 1.95 bits per heavy atom. The van der Waals surface area contributed by atoms with E-state index >= 15 is 0 Å². The van der Waals surface area contributed by atoms with E-state index in [-0.39, 0.29) is 6.42 Å². The Morgan fingerprint density at radius 3 is 2.45 bits per heavy atom. The fourth-order valence-electron chi connectivity index (χ4n) is 2.51. The topological polar surface area (TPSA) is 40.5 Å². The first-order chi connectivity index (χ1) is 9.56. The Kier molecular flexibility index (Phi) is 5.18. The molecule has 3 nitrogen and oxygen atoms in total. The smallest absolute Gasteiger partial charge is 0.303 e. The van der Waals surface area contributed by atoms with Crippen LogP contribution >= 0.6 is 0 Å². The first-order valence-corrected chi connectivity index (χ1v) is 7.61. The highest BCUT2D eigenvalue weighted by molar-refractivity contribution is 5.66. The van der Waals surface area contributed by atoms with Gasteiger partial charge >= 0.3 is 5.97 Å². The van der Waals surface area contributed by atoms with Crippen molar-refractivity contribution in [1.82, 2.24) is 4.90 Å². The maximum absolute atomic E-state index is 10.6. The third kappa shape index (κ3) is 4.64. The Hall–Kier alpha value is -1.35. The van der Waals surface area contributed by atoms with E-state index < -0.39 is 5.97 Å². The Bertz CT molecular complexity index is 435. The summed E-state index contributed by atoms with van der Waals surface area (Å²) in [6.07, 6.45) is 3.54. The van der Waals surface area contributed by atoms with Crippen LogP contribution in [0.3, 0.4) is 0 Å². The summed E-state index contributed by atoms with van der Waals surface area (Å²) in [6, 6.07) is 9.52. The lowest BCUT2D eigenvalue weighted by Gasteiger charge is -2.22. The quantitative estimate of drug-likeness (QED) is 0.787. The van der Waals surface area contributed by atoms with Crippen LogP contribution in [-0.4, -0.2) is 28.6 Å². The third-order valence-corrected chi connectivity index (χ3v) is 3.93. The molecule has 1 aromatic carbocycles. The van der Waals surface area contributed by atoms with E-state index in [1.807, 2.05) is 0 Å². The molecule has 1 fully saturated rings. The summed E-state index contributed by atoms with van der Waals surface area (Å²) in [5, 5.41) is 8.73. The van der Waals surface area contributed by atoms with Crippen molar-refractivity contribution in [3.63, 3.8) is 0 Å². The van der Waals surface area contributed by atoms with Crippen LogP contribution in [0.5, 0.6) is 0 Å². The van der Waals surface area contributed by atoms with Gasteiger partial charge in [0.1, 0.15) is 0 Å². The molecule has 0 saturated heterocycles. The summed E-state index contributed by atoms with van der Waals surface area (Å²) in [7, 11) is 0. The SMILES string of the molecule is CC(C)c1ccc(CN(CCCC(=O)O)C2CC2)cc1. The van der Waals surface area contributed by atoms with E-state index in [0.717, 1.165) is 19.5 Å². The molecule has 2 rings (SSSR count). The second kappa shape index (κ2) is 6.89. The van der Waals surface area contributed by atoms with Crippen molar-refractivity contribution < 1.29 is 9.90 Å². The van der Waals surface area contributed by atoms with Gasteiger partial charge in [0.25, 0.3) is 0 Å². The number of hydrogen-bond acceptors (Lipinski definition) is 2. The minimum Gasteiger partial charge on any atom is -0.481 e. The Morgan fingerprint density at radius 1 is 1.30 bits per heavy atom. The van der Waals surface area contributed by atoms with Crippen molar-refractivity contribution in [2.75, 3.05) is 6.54 Å². The average molecular weight is 275 g/mol. The van der Waals surface area contributed by atoms with Gasteiger partial charge < -0.3 is 5.11 Å². The number of carbonyl (C=O) groups is 1. The zero-order valence-corrected chi connectivity index (χ0v) is 12.5. The van der Waals surface area contributed by atoms with Gasteiger partial charge in [-0.25, -0.2) is 0 Å². The lowest BCUT2D eigenvalue weighted by Crippen LogP contribution is -2.27. The molecule has 1 aliphatic carbocycles. The second-order valence-corrected chi connectivity index (χ2v) is 6.10. The van der Waals surface area contributed by atoms with Gasteiger partial charge in [-0.3, -0.25) is 9.69 Å². The molecular formula is C17H25NO2. The van der Waals surface area contributed by atoms with Gasteiger partial charge in [-0.1, -0.05) is 38.1 Å². The molecule has 0 unspecified atom stereocenters. The summed E-state index contributed by atoms with van der Waals surface area (Å²) < 4.78 is 0. The Labute approximate surface area is 121 Å². The zero-order chi connectivity index (χ0) is 14.5. The minimum absolute atomic E-state index is 0.273. The summed E-state index contributed by atoms with van der Waals surface area (Å²) in [6.45, 7) is 6.25. The summed E-state index contributed by atoms with van der Waals surface area (Å²) in [4.78, 5) is 13.0. The number of aliphatic carboxylic acids is 1. The minimum atomic E-state index is -0.693. The van der Waals surface area contributed by atoms with Crippen LogP contribution in [0.1, 0.15) is 56.6 Å². The van der Waals surface area contributed by atoms with Crippen LogP contribution in [-0.2, 0) is 11.3 Å². The summed E-state index contributed by atoms with van der Waals surface area (Å²) in [5.41, 5.74) is 2.70. The zero-order valence-electron chi connectivity index (χ0n) is 12.5. The predicted molar refractivity (Wildman–Crippen MR) is 80.8 cm³/mol. The first kappa shape index (κ1) is 15.0. The van der Waals surface area contributed by atoms with Crippen molar-refractivity contribution in [3.05, 3.63) is 35.4 Å². The fourth-order valence-corrected chi connectivity index (χ4v) is 2.51. The van der Waals surface area contributed by atoms with E-state index in [1.54, 1.807) is 0 Å². The van der Waals surface area contributed by atoms with Gasteiger partial charge in [0.05, 0.1) is 0 Å². The van der Waals surface area contributed by atoms with Crippen LogP contribution in [0, 0.1) is 0 Å². The van der Waals surface area contributed by atoms with Gasteiger partial charge in [-0.2, -0.15) is 0 Å². The molecule has 1 aliphatic rings. The molecule has 0 aliphatic heterocycles. The maximum Gasteiger partial charge on any atom is 0.303 e. The van der Waals surface area contributed by atoms with Gasteiger partial charge in [-0.05, 0) is 42.9 Å². The molecule has 0 heterocycles. The largest absolute Gasteiger partial charge is 0.481 e. The lowest BCUT2D eigenvalue weighted by atomic mass is 10.0. The number of benzene rings is 1. The number of carboxylic acid groups (broad SMARTS) is 1.